The van der Waals surface area contributed by atoms with Gasteiger partial charge in [-0.25, -0.2) is 9.78 Å². The van der Waals surface area contributed by atoms with Gasteiger partial charge in [-0.2, -0.15) is 0 Å². The Morgan fingerprint density at radius 1 is 1.32 bits per heavy atom. The summed E-state index contributed by atoms with van der Waals surface area (Å²) < 4.78 is 5.06. The SMILES string of the molecule is Cc1noc2nc(-c3ccncc3)cc(C(=O)O)c12. The van der Waals surface area contributed by atoms with Crippen LogP contribution in [0.3, 0.4) is 0 Å². The molecule has 0 bridgehead atoms. The van der Waals surface area contributed by atoms with E-state index >= 15 is 0 Å². The van der Waals surface area contributed by atoms with Crippen molar-refractivity contribution in [3.05, 3.63) is 41.9 Å². The summed E-state index contributed by atoms with van der Waals surface area (Å²) in [5.74, 6) is -1.03. The average molecular weight is 255 g/mol. The Bertz CT molecular complexity index is 765. The maximum absolute atomic E-state index is 11.3. The van der Waals surface area contributed by atoms with E-state index in [0.29, 0.717) is 16.8 Å². The number of carboxylic acids is 1. The normalized spacial score (nSPS) is 10.8. The number of aromatic nitrogens is 3. The van der Waals surface area contributed by atoms with Crippen molar-refractivity contribution >= 4 is 17.1 Å². The molecule has 19 heavy (non-hydrogen) atoms. The van der Waals surface area contributed by atoms with Crippen molar-refractivity contribution in [3.8, 4) is 11.3 Å². The minimum absolute atomic E-state index is 0.135. The molecule has 0 aliphatic heterocycles. The zero-order chi connectivity index (χ0) is 13.4. The van der Waals surface area contributed by atoms with Crippen LogP contribution in [0, 0.1) is 6.92 Å². The molecular formula is C13H9N3O3. The summed E-state index contributed by atoms with van der Waals surface area (Å²) in [6.45, 7) is 1.69. The molecule has 6 nitrogen and oxygen atoms in total. The van der Waals surface area contributed by atoms with E-state index in [1.54, 1.807) is 31.5 Å². The Balaban J connectivity index is 2.32. The van der Waals surface area contributed by atoms with Crippen molar-refractivity contribution < 1.29 is 14.4 Å². The third kappa shape index (κ3) is 1.83. The Morgan fingerprint density at radius 2 is 2.05 bits per heavy atom. The van der Waals surface area contributed by atoms with Gasteiger partial charge in [-0.1, -0.05) is 5.16 Å². The Hall–Kier alpha value is -2.76. The van der Waals surface area contributed by atoms with E-state index in [0.717, 1.165) is 5.56 Å². The van der Waals surface area contributed by atoms with Gasteiger partial charge in [0.05, 0.1) is 22.3 Å². The number of pyridine rings is 2. The molecule has 3 aromatic rings. The largest absolute Gasteiger partial charge is 0.478 e. The Morgan fingerprint density at radius 3 is 2.74 bits per heavy atom. The smallest absolute Gasteiger partial charge is 0.336 e. The molecule has 0 atom stereocenters. The highest BCUT2D eigenvalue weighted by Gasteiger charge is 2.18. The number of fused-ring (bicyclic) bond motifs is 1. The predicted octanol–water partition coefficient (Wildman–Crippen LogP) is 2.29. The summed E-state index contributed by atoms with van der Waals surface area (Å²) >= 11 is 0. The van der Waals surface area contributed by atoms with Crippen LogP contribution in [0.25, 0.3) is 22.4 Å². The topological polar surface area (TPSA) is 89.1 Å². The van der Waals surface area contributed by atoms with Gasteiger partial charge in [0.15, 0.2) is 0 Å². The second-order valence-corrected chi connectivity index (χ2v) is 4.04. The van der Waals surface area contributed by atoms with Crippen LogP contribution in [0.4, 0.5) is 0 Å². The molecule has 0 unspecified atom stereocenters. The van der Waals surface area contributed by atoms with E-state index in [4.69, 9.17) is 4.52 Å². The summed E-state index contributed by atoms with van der Waals surface area (Å²) in [4.78, 5) is 19.5. The van der Waals surface area contributed by atoms with Gasteiger partial charge in [-0.3, -0.25) is 4.98 Å². The lowest BCUT2D eigenvalue weighted by molar-refractivity contribution is 0.0699. The van der Waals surface area contributed by atoms with Crippen molar-refractivity contribution in [2.45, 2.75) is 6.92 Å². The minimum atomic E-state index is -1.03. The molecule has 0 aliphatic rings. The number of hydrogen-bond donors (Lipinski definition) is 1. The van der Waals surface area contributed by atoms with Crippen molar-refractivity contribution in [1.82, 2.24) is 15.1 Å². The van der Waals surface area contributed by atoms with Gasteiger partial charge in [0.1, 0.15) is 0 Å². The lowest BCUT2D eigenvalue weighted by Gasteiger charge is -2.02. The molecule has 1 N–H and O–H groups in total. The van der Waals surface area contributed by atoms with Crippen LogP contribution in [0.5, 0.6) is 0 Å². The monoisotopic (exact) mass is 255 g/mol. The van der Waals surface area contributed by atoms with Crippen LogP contribution in [0.1, 0.15) is 16.1 Å². The third-order valence-electron chi connectivity index (χ3n) is 2.82. The number of nitrogens with zero attached hydrogens (tertiary/aromatic N) is 3. The van der Waals surface area contributed by atoms with Gasteiger partial charge >= 0.3 is 5.97 Å². The van der Waals surface area contributed by atoms with Crippen LogP contribution in [0.15, 0.2) is 35.1 Å². The molecule has 0 amide bonds. The van der Waals surface area contributed by atoms with Crippen molar-refractivity contribution in [3.63, 3.8) is 0 Å². The lowest BCUT2D eigenvalue weighted by Crippen LogP contribution is -2.00. The lowest BCUT2D eigenvalue weighted by atomic mass is 10.1. The van der Waals surface area contributed by atoms with Gasteiger partial charge < -0.3 is 9.63 Å². The molecule has 0 spiro atoms. The first-order chi connectivity index (χ1) is 9.16. The summed E-state index contributed by atoms with van der Waals surface area (Å²) in [5, 5.41) is 13.5. The average Bonchev–Trinajstić information content (AvgIpc) is 2.80. The fourth-order valence-electron chi connectivity index (χ4n) is 1.93. The van der Waals surface area contributed by atoms with Crippen molar-refractivity contribution in [1.29, 1.82) is 0 Å². The number of carbonyl (C=O) groups is 1. The first-order valence-electron chi connectivity index (χ1n) is 5.57. The third-order valence-corrected chi connectivity index (χ3v) is 2.82. The van der Waals surface area contributed by atoms with Gasteiger partial charge in [0.25, 0.3) is 5.71 Å². The molecule has 0 fully saturated rings. The van der Waals surface area contributed by atoms with Gasteiger partial charge in [-0.15, -0.1) is 0 Å². The van der Waals surface area contributed by atoms with Gasteiger partial charge in [0, 0.05) is 18.0 Å². The van der Waals surface area contributed by atoms with Gasteiger partial charge in [0.2, 0.25) is 0 Å². The maximum atomic E-state index is 11.3. The summed E-state index contributed by atoms with van der Waals surface area (Å²) in [6.07, 6.45) is 3.24. The predicted molar refractivity (Wildman–Crippen MR) is 66.7 cm³/mol. The zero-order valence-electron chi connectivity index (χ0n) is 9.99. The molecule has 0 radical (unpaired) electrons. The number of rotatable bonds is 2. The van der Waals surface area contributed by atoms with E-state index in [1.807, 2.05) is 0 Å². The minimum Gasteiger partial charge on any atom is -0.478 e. The van der Waals surface area contributed by atoms with E-state index in [9.17, 15) is 9.90 Å². The highest BCUT2D eigenvalue weighted by molar-refractivity contribution is 6.03. The standard InChI is InChI=1S/C13H9N3O3/c1-7-11-9(13(17)18)6-10(15-12(11)19-16-7)8-2-4-14-5-3-8/h2-6H,1H3,(H,17,18). The molecule has 0 aliphatic carbocycles. The van der Waals surface area contributed by atoms with Crippen LogP contribution in [-0.4, -0.2) is 26.2 Å². The van der Waals surface area contributed by atoms with Crippen molar-refractivity contribution in [2.75, 3.05) is 0 Å². The molecule has 0 saturated heterocycles. The molecule has 94 valence electrons. The van der Waals surface area contributed by atoms with Crippen molar-refractivity contribution in [2.24, 2.45) is 0 Å². The number of aromatic carboxylic acids is 1. The Labute approximate surface area is 107 Å². The molecular weight excluding hydrogens is 246 g/mol. The fraction of sp³-hybridized carbons (Fsp3) is 0.0769. The quantitative estimate of drug-likeness (QED) is 0.755. The van der Waals surface area contributed by atoms with E-state index in [-0.39, 0.29) is 11.3 Å². The second-order valence-electron chi connectivity index (χ2n) is 4.04. The van der Waals surface area contributed by atoms with E-state index < -0.39 is 5.97 Å². The second kappa shape index (κ2) is 4.16. The fourth-order valence-corrected chi connectivity index (χ4v) is 1.93. The number of carboxylic acid groups (broad SMARTS) is 1. The van der Waals surface area contributed by atoms with Crippen LogP contribution in [0.2, 0.25) is 0 Å². The summed E-state index contributed by atoms with van der Waals surface area (Å²) in [6, 6.07) is 5.02. The van der Waals surface area contributed by atoms with Crippen LogP contribution < -0.4 is 0 Å². The molecule has 0 aromatic carbocycles. The highest BCUT2D eigenvalue weighted by Crippen LogP contribution is 2.26. The number of hydrogen-bond acceptors (Lipinski definition) is 5. The number of aryl methyl sites for hydroxylation is 1. The van der Waals surface area contributed by atoms with Crippen LogP contribution >= 0.6 is 0 Å². The highest BCUT2D eigenvalue weighted by atomic mass is 16.5. The first-order valence-corrected chi connectivity index (χ1v) is 5.57. The zero-order valence-corrected chi connectivity index (χ0v) is 9.99. The molecule has 3 rings (SSSR count). The maximum Gasteiger partial charge on any atom is 0.336 e. The molecule has 6 heteroatoms. The summed E-state index contributed by atoms with van der Waals surface area (Å²) in [5.41, 5.74) is 2.16. The van der Waals surface area contributed by atoms with Crippen LogP contribution in [-0.2, 0) is 0 Å². The first kappa shape index (κ1) is 11.3. The van der Waals surface area contributed by atoms with Gasteiger partial charge in [-0.05, 0) is 25.1 Å². The Kier molecular flexibility index (Phi) is 2.49. The molecule has 3 heterocycles. The molecule has 3 aromatic heterocycles. The van der Waals surface area contributed by atoms with E-state index in [1.165, 1.54) is 6.07 Å². The van der Waals surface area contributed by atoms with E-state index in [2.05, 4.69) is 15.1 Å². The molecule has 0 saturated carbocycles. The summed E-state index contributed by atoms with van der Waals surface area (Å²) in [7, 11) is 0.